The first kappa shape index (κ1) is 17.5. The molecule has 3 N–H and O–H groups in total. The molecule has 0 saturated heterocycles. The molecular formula is C18H19N5O3S. The van der Waals surface area contributed by atoms with Crippen molar-refractivity contribution in [3.8, 4) is 0 Å². The van der Waals surface area contributed by atoms with Crippen LogP contribution in [-0.2, 0) is 13.0 Å². The third-order valence-corrected chi connectivity index (χ3v) is 5.93. The second-order valence-corrected chi connectivity index (χ2v) is 7.52. The van der Waals surface area contributed by atoms with Crippen molar-refractivity contribution in [3.63, 3.8) is 0 Å². The van der Waals surface area contributed by atoms with E-state index in [1.807, 2.05) is 0 Å². The number of thiophene rings is 1. The van der Waals surface area contributed by atoms with E-state index in [0.29, 0.717) is 32.9 Å². The summed E-state index contributed by atoms with van der Waals surface area (Å²) >= 11 is 1.18. The van der Waals surface area contributed by atoms with Crippen LogP contribution in [0.4, 0.5) is 0 Å². The van der Waals surface area contributed by atoms with Gasteiger partial charge in [0, 0.05) is 19.2 Å². The van der Waals surface area contributed by atoms with Crippen molar-refractivity contribution in [2.75, 3.05) is 0 Å². The van der Waals surface area contributed by atoms with E-state index in [0.717, 1.165) is 31.5 Å². The molecule has 0 saturated carbocycles. The Labute approximate surface area is 158 Å². The monoisotopic (exact) mass is 385 g/mol. The smallest absolute Gasteiger partial charge is 0.286 e. The number of nitrogens with zero attached hydrogens (tertiary/aromatic N) is 2. The quantitative estimate of drug-likeness (QED) is 0.585. The van der Waals surface area contributed by atoms with E-state index in [4.69, 9.17) is 0 Å². The van der Waals surface area contributed by atoms with Crippen molar-refractivity contribution in [2.45, 2.75) is 39.2 Å². The van der Waals surface area contributed by atoms with Crippen molar-refractivity contribution < 1.29 is 9.59 Å². The number of hydrogen-bond donors (Lipinski definition) is 3. The Hall–Kier alpha value is -2.94. The van der Waals surface area contributed by atoms with E-state index in [2.05, 4.69) is 20.8 Å². The SMILES string of the molecule is Cc1c(C(=O)NNC(=O)c2ccc[nH]2)sc2nc3n(c(=O)c12)CCCCC3. The minimum atomic E-state index is -0.463. The average Bonchev–Trinajstić information content (AvgIpc) is 3.23. The van der Waals surface area contributed by atoms with Gasteiger partial charge in [-0.25, -0.2) is 4.98 Å². The van der Waals surface area contributed by atoms with E-state index in [1.165, 1.54) is 11.3 Å². The summed E-state index contributed by atoms with van der Waals surface area (Å²) in [6.45, 7) is 2.41. The molecule has 0 radical (unpaired) electrons. The largest absolute Gasteiger partial charge is 0.357 e. The molecule has 140 valence electrons. The number of aromatic nitrogens is 3. The first-order chi connectivity index (χ1) is 13.1. The lowest BCUT2D eigenvalue weighted by atomic mass is 10.2. The number of aryl methyl sites for hydroxylation is 2. The fourth-order valence-corrected chi connectivity index (χ4v) is 4.42. The van der Waals surface area contributed by atoms with Crippen LogP contribution in [-0.4, -0.2) is 26.3 Å². The second-order valence-electron chi connectivity index (χ2n) is 6.52. The maximum absolute atomic E-state index is 12.9. The summed E-state index contributed by atoms with van der Waals surface area (Å²) in [7, 11) is 0. The molecule has 27 heavy (non-hydrogen) atoms. The molecule has 0 fully saturated rings. The molecular weight excluding hydrogens is 366 g/mol. The van der Waals surface area contributed by atoms with Crippen LogP contribution >= 0.6 is 11.3 Å². The normalized spacial score (nSPS) is 13.8. The van der Waals surface area contributed by atoms with Gasteiger partial charge in [0.1, 0.15) is 16.3 Å². The molecule has 0 spiro atoms. The van der Waals surface area contributed by atoms with Crippen molar-refractivity contribution in [2.24, 2.45) is 0 Å². The highest BCUT2D eigenvalue weighted by atomic mass is 32.1. The van der Waals surface area contributed by atoms with Crippen LogP contribution in [0, 0.1) is 6.92 Å². The van der Waals surface area contributed by atoms with Crippen molar-refractivity contribution >= 4 is 33.4 Å². The Balaban J connectivity index is 1.63. The zero-order valence-corrected chi connectivity index (χ0v) is 15.6. The molecule has 3 aromatic rings. The predicted octanol–water partition coefficient (Wildman–Crippen LogP) is 1.90. The number of fused-ring (bicyclic) bond motifs is 2. The van der Waals surface area contributed by atoms with Crippen molar-refractivity contribution in [3.05, 3.63) is 50.6 Å². The summed E-state index contributed by atoms with van der Waals surface area (Å²) in [6.07, 6.45) is 5.46. The van der Waals surface area contributed by atoms with Gasteiger partial charge in [0.15, 0.2) is 0 Å². The van der Waals surface area contributed by atoms with Gasteiger partial charge in [0.2, 0.25) is 0 Å². The highest BCUT2D eigenvalue weighted by Gasteiger charge is 2.22. The lowest BCUT2D eigenvalue weighted by Gasteiger charge is -2.08. The lowest BCUT2D eigenvalue weighted by Crippen LogP contribution is -2.41. The minimum Gasteiger partial charge on any atom is -0.357 e. The van der Waals surface area contributed by atoms with E-state index in [1.54, 1.807) is 29.8 Å². The Morgan fingerprint density at radius 1 is 1.22 bits per heavy atom. The molecule has 0 bridgehead atoms. The van der Waals surface area contributed by atoms with Crippen LogP contribution in [0.5, 0.6) is 0 Å². The maximum atomic E-state index is 12.9. The first-order valence-corrected chi connectivity index (χ1v) is 9.65. The predicted molar refractivity (Wildman–Crippen MR) is 102 cm³/mol. The molecule has 4 heterocycles. The van der Waals surface area contributed by atoms with Gasteiger partial charge in [-0.1, -0.05) is 6.42 Å². The number of amides is 2. The third-order valence-electron chi connectivity index (χ3n) is 4.75. The fraction of sp³-hybridized carbons (Fsp3) is 0.333. The summed E-state index contributed by atoms with van der Waals surface area (Å²) in [5.74, 6) is -0.120. The van der Waals surface area contributed by atoms with Gasteiger partial charge in [-0.05, 0) is 37.5 Å². The Kier molecular flexibility index (Phi) is 4.53. The van der Waals surface area contributed by atoms with Crippen LogP contribution in [0.2, 0.25) is 0 Å². The molecule has 2 amide bonds. The van der Waals surface area contributed by atoms with Crippen LogP contribution in [0.15, 0.2) is 23.1 Å². The second kappa shape index (κ2) is 6.99. The molecule has 0 unspecified atom stereocenters. The number of nitrogens with one attached hydrogen (secondary N) is 3. The van der Waals surface area contributed by atoms with Gasteiger partial charge in [-0.3, -0.25) is 29.8 Å². The van der Waals surface area contributed by atoms with E-state index in [9.17, 15) is 14.4 Å². The molecule has 1 aliphatic rings. The topological polar surface area (TPSA) is 109 Å². The summed E-state index contributed by atoms with van der Waals surface area (Å²) in [6, 6.07) is 3.29. The van der Waals surface area contributed by atoms with Gasteiger partial charge in [-0.15, -0.1) is 11.3 Å². The lowest BCUT2D eigenvalue weighted by molar-refractivity contribution is 0.0846. The molecule has 0 aromatic carbocycles. The number of carbonyl (C=O) groups is 2. The highest BCUT2D eigenvalue weighted by Crippen LogP contribution is 2.28. The number of hydrogen-bond acceptors (Lipinski definition) is 5. The highest BCUT2D eigenvalue weighted by molar-refractivity contribution is 7.20. The fourth-order valence-electron chi connectivity index (χ4n) is 3.34. The molecule has 1 aliphatic heterocycles. The number of H-pyrrole nitrogens is 1. The molecule has 9 heteroatoms. The minimum absolute atomic E-state index is 0.0832. The zero-order valence-electron chi connectivity index (χ0n) is 14.8. The van der Waals surface area contributed by atoms with E-state index >= 15 is 0 Å². The average molecular weight is 385 g/mol. The van der Waals surface area contributed by atoms with Gasteiger partial charge in [0.05, 0.1) is 10.3 Å². The third kappa shape index (κ3) is 3.14. The summed E-state index contributed by atoms with van der Waals surface area (Å²) < 4.78 is 1.74. The van der Waals surface area contributed by atoms with Crippen molar-refractivity contribution in [1.29, 1.82) is 0 Å². The number of aromatic amines is 1. The molecule has 4 rings (SSSR count). The van der Waals surface area contributed by atoms with Crippen LogP contribution in [0.1, 0.15) is 50.8 Å². The zero-order chi connectivity index (χ0) is 19.0. The van der Waals surface area contributed by atoms with Gasteiger partial charge < -0.3 is 4.98 Å². The van der Waals surface area contributed by atoms with Crippen LogP contribution in [0.3, 0.4) is 0 Å². The van der Waals surface area contributed by atoms with Crippen molar-refractivity contribution in [1.82, 2.24) is 25.4 Å². The van der Waals surface area contributed by atoms with Crippen LogP contribution < -0.4 is 16.4 Å². The molecule has 3 aromatic heterocycles. The molecule has 0 atom stereocenters. The molecule has 8 nitrogen and oxygen atoms in total. The Bertz CT molecular complexity index is 1080. The first-order valence-electron chi connectivity index (χ1n) is 8.83. The number of rotatable bonds is 2. The number of hydrazine groups is 1. The van der Waals surface area contributed by atoms with Gasteiger partial charge in [-0.2, -0.15) is 0 Å². The van der Waals surface area contributed by atoms with E-state index < -0.39 is 11.8 Å². The summed E-state index contributed by atoms with van der Waals surface area (Å²) in [5.41, 5.74) is 5.62. The Morgan fingerprint density at radius 2 is 2.04 bits per heavy atom. The molecule has 0 aliphatic carbocycles. The van der Waals surface area contributed by atoms with E-state index in [-0.39, 0.29) is 5.56 Å². The van der Waals surface area contributed by atoms with Gasteiger partial charge in [0.25, 0.3) is 17.4 Å². The number of carbonyl (C=O) groups excluding carboxylic acids is 2. The van der Waals surface area contributed by atoms with Gasteiger partial charge >= 0.3 is 0 Å². The summed E-state index contributed by atoms with van der Waals surface area (Å²) in [5, 5.41) is 0.492. The maximum Gasteiger partial charge on any atom is 0.286 e. The summed E-state index contributed by atoms with van der Waals surface area (Å²) in [4.78, 5) is 45.8. The Morgan fingerprint density at radius 3 is 2.81 bits per heavy atom. The van der Waals surface area contributed by atoms with Crippen LogP contribution in [0.25, 0.3) is 10.2 Å². The standard InChI is InChI=1S/C18H19N5O3S/c1-10-13-17(20-12-7-3-2-4-9-23(12)18(13)26)27-14(10)16(25)22-21-15(24)11-6-5-8-19-11/h5-6,8,19H,2-4,7,9H2,1H3,(H,21,24)(H,22,25).